The molecule has 1 aliphatic rings. The van der Waals surface area contributed by atoms with Gasteiger partial charge in [-0.25, -0.2) is 0 Å². The van der Waals surface area contributed by atoms with E-state index in [-0.39, 0.29) is 18.3 Å². The fraction of sp³-hybridized carbons (Fsp3) is 0.316. The van der Waals surface area contributed by atoms with Crippen LogP contribution in [0.4, 0.5) is 13.2 Å². The number of furan rings is 1. The molecule has 1 aromatic heterocycles. The fourth-order valence-corrected chi connectivity index (χ4v) is 3.04. The minimum atomic E-state index is -4.76. The highest BCUT2D eigenvalue weighted by molar-refractivity contribution is 5.88. The number of alkyl halides is 3. The third-order valence-corrected chi connectivity index (χ3v) is 4.13. The van der Waals surface area contributed by atoms with Gasteiger partial charge in [0.25, 0.3) is 0 Å². The van der Waals surface area contributed by atoms with Crippen LogP contribution in [0.1, 0.15) is 30.2 Å². The molecule has 0 aliphatic carbocycles. The smallest absolute Gasteiger partial charge is 0.463 e. The van der Waals surface area contributed by atoms with E-state index in [0.29, 0.717) is 29.9 Å². The molecule has 0 N–H and O–H groups in total. The number of amides is 1. The van der Waals surface area contributed by atoms with E-state index in [1.165, 1.54) is 37.6 Å². The minimum Gasteiger partial charge on any atom is -0.463 e. The van der Waals surface area contributed by atoms with E-state index in [1.807, 2.05) is 6.08 Å². The lowest BCUT2D eigenvalue weighted by Crippen LogP contribution is -2.37. The topological polar surface area (TPSA) is 51.9 Å². The molecular formula is C19H18F3NO4. The summed E-state index contributed by atoms with van der Waals surface area (Å²) in [7, 11) is 1.50. The maximum Gasteiger partial charge on any atom is 0.573 e. The van der Waals surface area contributed by atoms with Crippen molar-refractivity contribution in [2.24, 2.45) is 0 Å². The molecule has 0 bridgehead atoms. The Morgan fingerprint density at radius 3 is 2.56 bits per heavy atom. The van der Waals surface area contributed by atoms with Crippen LogP contribution in [-0.4, -0.2) is 30.9 Å². The molecule has 0 fully saturated rings. The lowest BCUT2D eigenvalue weighted by atomic mass is 10.0. The normalized spacial score (nSPS) is 16.2. The molecule has 5 nitrogen and oxygen atoms in total. The third-order valence-electron chi connectivity index (χ3n) is 4.13. The summed E-state index contributed by atoms with van der Waals surface area (Å²) in [5, 5.41) is 0. The maximum atomic E-state index is 12.7. The predicted octanol–water partition coefficient (Wildman–Crippen LogP) is 4.53. The fourth-order valence-electron chi connectivity index (χ4n) is 3.04. The second-order valence-electron chi connectivity index (χ2n) is 5.96. The van der Waals surface area contributed by atoms with E-state index in [1.54, 1.807) is 17.0 Å². The molecule has 0 saturated heterocycles. The lowest BCUT2D eigenvalue weighted by Gasteiger charge is -2.35. The van der Waals surface area contributed by atoms with Crippen molar-refractivity contribution in [3.05, 3.63) is 60.1 Å². The number of allylic oxidation sites excluding steroid dienone is 1. The Bertz CT molecular complexity index is 797. The molecule has 1 atom stereocenters. The van der Waals surface area contributed by atoms with E-state index < -0.39 is 12.4 Å². The number of rotatable bonds is 6. The van der Waals surface area contributed by atoms with E-state index in [9.17, 15) is 18.0 Å². The third kappa shape index (κ3) is 4.51. The first-order chi connectivity index (χ1) is 12.9. The van der Waals surface area contributed by atoms with Gasteiger partial charge >= 0.3 is 6.36 Å². The Hall–Kier alpha value is -2.74. The predicted molar refractivity (Wildman–Crippen MR) is 90.5 cm³/mol. The van der Waals surface area contributed by atoms with Crippen molar-refractivity contribution in [1.82, 2.24) is 4.90 Å². The van der Waals surface area contributed by atoms with Gasteiger partial charge in [0.2, 0.25) is 5.91 Å². The Labute approximate surface area is 154 Å². The van der Waals surface area contributed by atoms with Gasteiger partial charge in [-0.2, -0.15) is 0 Å². The summed E-state index contributed by atoms with van der Waals surface area (Å²) < 4.78 is 51.7. The van der Waals surface area contributed by atoms with Crippen molar-refractivity contribution in [2.45, 2.75) is 25.2 Å². The molecule has 1 aliphatic heterocycles. The van der Waals surface area contributed by atoms with Crippen molar-refractivity contribution < 1.29 is 31.9 Å². The first kappa shape index (κ1) is 19.0. The van der Waals surface area contributed by atoms with Gasteiger partial charge in [-0.3, -0.25) is 9.69 Å². The second kappa shape index (κ2) is 7.87. The molecule has 1 amide bonds. The van der Waals surface area contributed by atoms with Crippen LogP contribution in [0.25, 0.3) is 5.70 Å². The first-order valence-electron chi connectivity index (χ1n) is 8.30. The van der Waals surface area contributed by atoms with Crippen molar-refractivity contribution in [1.29, 1.82) is 0 Å². The summed E-state index contributed by atoms with van der Waals surface area (Å²) >= 11 is 0. The van der Waals surface area contributed by atoms with Crippen LogP contribution in [0.5, 0.6) is 5.75 Å². The van der Waals surface area contributed by atoms with Crippen molar-refractivity contribution in [2.75, 3.05) is 13.7 Å². The van der Waals surface area contributed by atoms with Gasteiger partial charge in [-0.05, 0) is 36.2 Å². The van der Waals surface area contributed by atoms with Crippen LogP contribution >= 0.6 is 0 Å². The van der Waals surface area contributed by atoms with Crippen LogP contribution < -0.4 is 4.74 Å². The SMILES string of the molecule is COCC(c1ccc(OC(F)(F)F)cc1)N1C(=O)CCC=C1c1ccco1. The van der Waals surface area contributed by atoms with Gasteiger partial charge in [0.15, 0.2) is 0 Å². The maximum absolute atomic E-state index is 12.7. The summed E-state index contributed by atoms with van der Waals surface area (Å²) in [6, 6.07) is 8.38. The highest BCUT2D eigenvalue weighted by Gasteiger charge is 2.33. The zero-order valence-electron chi connectivity index (χ0n) is 14.5. The molecular weight excluding hydrogens is 363 g/mol. The average Bonchev–Trinajstić information content (AvgIpc) is 3.14. The molecule has 27 heavy (non-hydrogen) atoms. The van der Waals surface area contributed by atoms with Crippen molar-refractivity contribution in [3.63, 3.8) is 0 Å². The number of halogens is 3. The monoisotopic (exact) mass is 381 g/mol. The van der Waals surface area contributed by atoms with Crippen LogP contribution in [0.3, 0.4) is 0 Å². The van der Waals surface area contributed by atoms with Crippen LogP contribution in [0, 0.1) is 0 Å². The molecule has 0 saturated carbocycles. The number of methoxy groups -OCH3 is 1. The zero-order chi connectivity index (χ0) is 19.4. The summed E-state index contributed by atoms with van der Waals surface area (Å²) in [6.45, 7) is 0.170. The average molecular weight is 381 g/mol. The highest BCUT2D eigenvalue weighted by atomic mass is 19.4. The van der Waals surface area contributed by atoms with Crippen molar-refractivity contribution in [3.8, 4) is 5.75 Å². The Morgan fingerprint density at radius 2 is 1.96 bits per heavy atom. The van der Waals surface area contributed by atoms with Crippen molar-refractivity contribution >= 4 is 11.6 Å². The number of hydrogen-bond donors (Lipinski definition) is 0. The van der Waals surface area contributed by atoms with Gasteiger partial charge in [0.05, 0.1) is 24.6 Å². The molecule has 2 aromatic rings. The molecule has 0 radical (unpaired) electrons. The summed E-state index contributed by atoms with van der Waals surface area (Å²) in [4.78, 5) is 14.2. The summed E-state index contributed by atoms with van der Waals surface area (Å²) in [5.74, 6) is 0.108. The number of carbonyl (C=O) groups excluding carboxylic acids is 1. The Morgan fingerprint density at radius 1 is 1.22 bits per heavy atom. The largest absolute Gasteiger partial charge is 0.573 e. The van der Waals surface area contributed by atoms with Crippen LogP contribution in [0.2, 0.25) is 0 Å². The zero-order valence-corrected chi connectivity index (χ0v) is 14.5. The van der Waals surface area contributed by atoms with E-state index >= 15 is 0 Å². The van der Waals surface area contributed by atoms with E-state index in [2.05, 4.69) is 4.74 Å². The minimum absolute atomic E-state index is 0.110. The standard InChI is InChI=1S/C19H18F3NO4/c1-25-12-16(13-7-9-14(10-8-13)27-19(20,21)22)23-15(4-2-6-18(23)24)17-5-3-11-26-17/h3-5,7-11,16H,2,6,12H2,1H3. The van der Waals surface area contributed by atoms with Gasteiger partial charge < -0.3 is 13.9 Å². The number of nitrogens with zero attached hydrogens (tertiary/aromatic N) is 1. The van der Waals surface area contributed by atoms with Gasteiger partial charge in [-0.15, -0.1) is 13.2 Å². The molecule has 0 spiro atoms. The lowest BCUT2D eigenvalue weighted by molar-refractivity contribution is -0.274. The highest BCUT2D eigenvalue weighted by Crippen LogP contribution is 2.35. The van der Waals surface area contributed by atoms with Crippen LogP contribution in [-0.2, 0) is 9.53 Å². The summed E-state index contributed by atoms with van der Waals surface area (Å²) in [6.07, 6.45) is -0.416. The van der Waals surface area contributed by atoms with E-state index in [0.717, 1.165) is 0 Å². The Balaban J connectivity index is 1.92. The molecule has 2 heterocycles. The van der Waals surface area contributed by atoms with Crippen LogP contribution in [0.15, 0.2) is 53.2 Å². The quantitative estimate of drug-likeness (QED) is 0.738. The molecule has 3 rings (SSSR count). The number of ether oxygens (including phenoxy) is 2. The summed E-state index contributed by atoms with van der Waals surface area (Å²) in [5.41, 5.74) is 1.24. The first-order valence-corrected chi connectivity index (χ1v) is 8.30. The van der Waals surface area contributed by atoms with Gasteiger partial charge in [0, 0.05) is 13.5 Å². The van der Waals surface area contributed by atoms with Gasteiger partial charge in [0.1, 0.15) is 11.5 Å². The Kier molecular flexibility index (Phi) is 5.55. The van der Waals surface area contributed by atoms with Gasteiger partial charge in [-0.1, -0.05) is 18.2 Å². The number of carbonyl (C=O) groups is 1. The van der Waals surface area contributed by atoms with E-state index in [4.69, 9.17) is 9.15 Å². The number of hydrogen-bond acceptors (Lipinski definition) is 4. The molecule has 8 heteroatoms. The second-order valence-corrected chi connectivity index (χ2v) is 5.96. The molecule has 144 valence electrons. The molecule has 1 unspecified atom stereocenters. The molecule has 1 aromatic carbocycles. The number of benzene rings is 1.